The van der Waals surface area contributed by atoms with E-state index in [0.29, 0.717) is 0 Å². The summed E-state index contributed by atoms with van der Waals surface area (Å²) in [6, 6.07) is 1.45. The first-order chi connectivity index (χ1) is 11.3. The maximum Gasteiger partial charge on any atom is 0.326 e. The second kappa shape index (κ2) is 8.61. The van der Waals surface area contributed by atoms with Gasteiger partial charge in [0.05, 0.1) is 19.8 Å². The quantitative estimate of drug-likeness (QED) is 0.519. The molecule has 1 aromatic rings. The number of methoxy groups -OCH3 is 2. The first kappa shape index (κ1) is 19.1. The van der Waals surface area contributed by atoms with Crippen molar-refractivity contribution in [2.75, 3.05) is 14.2 Å². The standard InChI is InChI=1S/C15H18N2O7/c1-8(10(14(21)23-2)15(22)24-3)11(13(19)20)17-12(18)9-5-4-6-16-7-9/h4-8,10-11H,1-3H3,(H,17,18)(H,19,20)/t8-,11-/m0/s1. The van der Waals surface area contributed by atoms with Gasteiger partial charge in [-0.3, -0.25) is 19.4 Å². The predicted molar refractivity (Wildman–Crippen MR) is 79.8 cm³/mol. The number of aliphatic carboxylic acids is 1. The zero-order chi connectivity index (χ0) is 18.3. The van der Waals surface area contributed by atoms with Crippen molar-refractivity contribution in [3.05, 3.63) is 30.1 Å². The number of hydrogen-bond acceptors (Lipinski definition) is 7. The minimum Gasteiger partial charge on any atom is -0.480 e. The highest BCUT2D eigenvalue weighted by Gasteiger charge is 2.42. The Morgan fingerprint density at radius 1 is 1.17 bits per heavy atom. The molecule has 130 valence electrons. The molecule has 0 unspecified atom stereocenters. The Morgan fingerprint density at radius 2 is 1.75 bits per heavy atom. The number of carbonyl (C=O) groups is 4. The van der Waals surface area contributed by atoms with Gasteiger partial charge >= 0.3 is 17.9 Å². The van der Waals surface area contributed by atoms with E-state index in [0.717, 1.165) is 14.2 Å². The average molecular weight is 338 g/mol. The summed E-state index contributed by atoms with van der Waals surface area (Å²) in [6.07, 6.45) is 2.72. The van der Waals surface area contributed by atoms with E-state index in [9.17, 15) is 24.3 Å². The number of carboxylic acid groups (broad SMARTS) is 1. The van der Waals surface area contributed by atoms with E-state index in [1.165, 1.54) is 31.5 Å². The number of carboxylic acids is 1. The predicted octanol–water partition coefficient (Wildman–Crippen LogP) is -0.137. The average Bonchev–Trinajstić information content (AvgIpc) is 2.59. The number of pyridine rings is 1. The van der Waals surface area contributed by atoms with Crippen molar-refractivity contribution in [3.63, 3.8) is 0 Å². The van der Waals surface area contributed by atoms with Gasteiger partial charge in [-0.1, -0.05) is 6.92 Å². The van der Waals surface area contributed by atoms with Gasteiger partial charge in [0.1, 0.15) is 6.04 Å². The number of rotatable bonds is 7. The molecule has 0 aliphatic carbocycles. The minimum atomic E-state index is -1.51. The van der Waals surface area contributed by atoms with Crippen LogP contribution in [0.25, 0.3) is 0 Å². The highest BCUT2D eigenvalue weighted by atomic mass is 16.5. The molecule has 0 aliphatic rings. The van der Waals surface area contributed by atoms with Crippen LogP contribution in [0.3, 0.4) is 0 Å². The Labute approximate surface area is 138 Å². The van der Waals surface area contributed by atoms with Gasteiger partial charge in [0, 0.05) is 18.3 Å². The van der Waals surface area contributed by atoms with E-state index in [2.05, 4.69) is 19.8 Å². The van der Waals surface area contributed by atoms with Crippen molar-refractivity contribution in [1.29, 1.82) is 0 Å². The van der Waals surface area contributed by atoms with Gasteiger partial charge in [-0.15, -0.1) is 0 Å². The van der Waals surface area contributed by atoms with Gasteiger partial charge in [-0.05, 0) is 12.1 Å². The first-order valence-electron chi connectivity index (χ1n) is 6.92. The molecule has 0 aliphatic heterocycles. The zero-order valence-electron chi connectivity index (χ0n) is 13.4. The summed E-state index contributed by atoms with van der Waals surface area (Å²) in [7, 11) is 2.13. The third-order valence-corrected chi connectivity index (χ3v) is 3.44. The fraction of sp³-hybridized carbons (Fsp3) is 0.400. The van der Waals surface area contributed by atoms with Crippen molar-refractivity contribution in [1.82, 2.24) is 10.3 Å². The van der Waals surface area contributed by atoms with E-state index in [1.54, 1.807) is 0 Å². The molecule has 1 amide bonds. The highest BCUT2D eigenvalue weighted by molar-refractivity contribution is 5.98. The molecule has 24 heavy (non-hydrogen) atoms. The van der Waals surface area contributed by atoms with Gasteiger partial charge in [0.25, 0.3) is 5.91 Å². The van der Waals surface area contributed by atoms with Gasteiger partial charge < -0.3 is 19.9 Å². The minimum absolute atomic E-state index is 0.142. The molecule has 0 radical (unpaired) electrons. The molecule has 0 aromatic carbocycles. The summed E-state index contributed by atoms with van der Waals surface area (Å²) in [4.78, 5) is 51.0. The lowest BCUT2D eigenvalue weighted by Crippen LogP contribution is -2.50. The molecule has 9 nitrogen and oxygen atoms in total. The van der Waals surface area contributed by atoms with Crippen LogP contribution in [0.4, 0.5) is 0 Å². The van der Waals surface area contributed by atoms with Gasteiger partial charge in [-0.25, -0.2) is 4.79 Å². The van der Waals surface area contributed by atoms with Crippen LogP contribution in [0.1, 0.15) is 17.3 Å². The summed E-state index contributed by atoms with van der Waals surface area (Å²) < 4.78 is 9.04. The zero-order valence-corrected chi connectivity index (χ0v) is 13.4. The summed E-state index contributed by atoms with van der Waals surface area (Å²) >= 11 is 0. The Hall–Kier alpha value is -2.97. The van der Waals surface area contributed by atoms with Crippen LogP contribution >= 0.6 is 0 Å². The normalized spacial score (nSPS) is 12.8. The van der Waals surface area contributed by atoms with Gasteiger partial charge in [0.15, 0.2) is 5.92 Å². The second-order valence-electron chi connectivity index (χ2n) is 4.91. The molecular formula is C15H18N2O7. The summed E-state index contributed by atoms with van der Waals surface area (Å²) in [5.74, 6) is -6.60. The Bertz CT molecular complexity index is 602. The topological polar surface area (TPSA) is 132 Å². The molecule has 0 fully saturated rings. The first-order valence-corrected chi connectivity index (χ1v) is 6.92. The molecule has 0 spiro atoms. The summed E-state index contributed by atoms with van der Waals surface area (Å²) in [5.41, 5.74) is 0.142. The van der Waals surface area contributed by atoms with Crippen LogP contribution in [0, 0.1) is 11.8 Å². The summed E-state index contributed by atoms with van der Waals surface area (Å²) in [5, 5.41) is 11.6. The Morgan fingerprint density at radius 3 is 2.17 bits per heavy atom. The molecule has 9 heteroatoms. The maximum absolute atomic E-state index is 12.1. The number of aromatic nitrogens is 1. The summed E-state index contributed by atoms with van der Waals surface area (Å²) in [6.45, 7) is 1.33. The third kappa shape index (κ3) is 4.51. The molecule has 1 rings (SSSR count). The Balaban J connectivity index is 3.04. The number of esters is 2. The number of ether oxygens (including phenoxy) is 2. The number of nitrogens with one attached hydrogen (secondary N) is 1. The molecular weight excluding hydrogens is 320 g/mol. The van der Waals surface area contributed by atoms with Gasteiger partial charge in [0.2, 0.25) is 0 Å². The molecule has 0 saturated carbocycles. The van der Waals surface area contributed by atoms with E-state index in [4.69, 9.17) is 0 Å². The molecule has 1 heterocycles. The van der Waals surface area contributed by atoms with E-state index in [1.807, 2.05) is 0 Å². The maximum atomic E-state index is 12.1. The lowest BCUT2D eigenvalue weighted by Gasteiger charge is -2.25. The van der Waals surface area contributed by atoms with E-state index in [-0.39, 0.29) is 5.56 Å². The molecule has 1 aromatic heterocycles. The smallest absolute Gasteiger partial charge is 0.326 e. The SMILES string of the molecule is COC(=O)C(C(=O)OC)[C@H](C)[C@H](NC(=O)c1cccnc1)C(=O)O. The van der Waals surface area contributed by atoms with E-state index < -0.39 is 41.7 Å². The largest absolute Gasteiger partial charge is 0.480 e. The number of amides is 1. The van der Waals surface area contributed by atoms with Crippen molar-refractivity contribution in [2.45, 2.75) is 13.0 Å². The third-order valence-electron chi connectivity index (χ3n) is 3.44. The lowest BCUT2D eigenvalue weighted by molar-refractivity contribution is -0.162. The molecule has 2 atom stereocenters. The van der Waals surface area contributed by atoms with Crippen LogP contribution in [0.5, 0.6) is 0 Å². The van der Waals surface area contributed by atoms with Gasteiger partial charge in [-0.2, -0.15) is 0 Å². The fourth-order valence-corrected chi connectivity index (χ4v) is 2.11. The number of hydrogen-bond donors (Lipinski definition) is 2. The van der Waals surface area contributed by atoms with Crippen LogP contribution in [-0.4, -0.2) is 54.2 Å². The van der Waals surface area contributed by atoms with Crippen molar-refractivity contribution in [2.24, 2.45) is 11.8 Å². The second-order valence-corrected chi connectivity index (χ2v) is 4.91. The lowest BCUT2D eigenvalue weighted by atomic mass is 9.87. The molecule has 0 bridgehead atoms. The number of nitrogens with zero attached hydrogens (tertiary/aromatic N) is 1. The number of carbonyl (C=O) groups excluding carboxylic acids is 3. The Kier molecular flexibility index (Phi) is 6.84. The van der Waals surface area contributed by atoms with Crippen LogP contribution in [0.2, 0.25) is 0 Å². The molecule has 0 saturated heterocycles. The van der Waals surface area contributed by atoms with Crippen LogP contribution in [-0.2, 0) is 23.9 Å². The molecule has 2 N–H and O–H groups in total. The van der Waals surface area contributed by atoms with Crippen molar-refractivity contribution < 1.29 is 33.8 Å². The van der Waals surface area contributed by atoms with Crippen molar-refractivity contribution >= 4 is 23.8 Å². The fourth-order valence-electron chi connectivity index (χ4n) is 2.11. The van der Waals surface area contributed by atoms with Crippen LogP contribution in [0.15, 0.2) is 24.5 Å². The van der Waals surface area contributed by atoms with E-state index >= 15 is 0 Å². The van der Waals surface area contributed by atoms with Crippen molar-refractivity contribution in [3.8, 4) is 0 Å². The monoisotopic (exact) mass is 338 g/mol. The van der Waals surface area contributed by atoms with Crippen LogP contribution < -0.4 is 5.32 Å². The highest BCUT2D eigenvalue weighted by Crippen LogP contribution is 2.20.